The normalized spacial score (nSPS) is 8.64. The summed E-state index contributed by atoms with van der Waals surface area (Å²) in [6.45, 7) is 5.38. The van der Waals surface area contributed by atoms with Gasteiger partial charge >= 0.3 is 0 Å². The predicted octanol–water partition coefficient (Wildman–Crippen LogP) is 3.51. The topological polar surface area (TPSA) is 26.0 Å². The van der Waals surface area contributed by atoms with E-state index in [1.54, 1.807) is 0 Å². The average Bonchev–Trinajstić information content (AvgIpc) is 2.21. The molecule has 0 aliphatic carbocycles. The first-order chi connectivity index (χ1) is 6.85. The van der Waals surface area contributed by atoms with Gasteiger partial charge in [-0.1, -0.05) is 56.7 Å². The van der Waals surface area contributed by atoms with Gasteiger partial charge in [0.05, 0.1) is 0 Å². The van der Waals surface area contributed by atoms with Crippen LogP contribution in [0.5, 0.6) is 0 Å². The summed E-state index contributed by atoms with van der Waals surface area (Å²) >= 11 is 0. The molecule has 0 atom stereocenters. The van der Waals surface area contributed by atoms with Crippen molar-refractivity contribution in [1.82, 2.24) is 0 Å². The summed E-state index contributed by atoms with van der Waals surface area (Å²) in [5, 5.41) is 0. The Kier molecular flexibility index (Phi) is 8.97. The van der Waals surface area contributed by atoms with Crippen molar-refractivity contribution in [1.29, 1.82) is 0 Å². The van der Waals surface area contributed by atoms with Crippen LogP contribution in [0.25, 0.3) is 0 Å². The minimum atomic E-state index is 1.24. The van der Waals surface area contributed by atoms with Crippen molar-refractivity contribution in [3.05, 3.63) is 48.7 Å². The molecule has 0 aliphatic heterocycles. The molecule has 1 rings (SSSR count). The van der Waals surface area contributed by atoms with E-state index >= 15 is 0 Å². The molecule has 78 valence electrons. The number of hydrogen-bond acceptors (Lipinski definition) is 1. The number of benzene rings is 1. The smallest absolute Gasteiger partial charge is 0.0136 e. The molecule has 0 radical (unpaired) electrons. The highest BCUT2D eigenvalue weighted by Crippen LogP contribution is 2.05. The zero-order valence-electron chi connectivity index (χ0n) is 9.08. The maximum atomic E-state index is 4.61. The molecule has 14 heavy (non-hydrogen) atoms. The van der Waals surface area contributed by atoms with Crippen LogP contribution >= 0.6 is 0 Å². The molecule has 1 nitrogen and oxygen atoms in total. The van der Waals surface area contributed by atoms with Crippen molar-refractivity contribution in [2.45, 2.75) is 32.6 Å². The first-order valence-corrected chi connectivity index (χ1v) is 5.21. The maximum absolute atomic E-state index is 4.61. The summed E-state index contributed by atoms with van der Waals surface area (Å²) in [4.78, 5) is 0. The lowest BCUT2D eigenvalue weighted by Gasteiger charge is -1.98. The van der Waals surface area contributed by atoms with Crippen LogP contribution in [0.4, 0.5) is 0 Å². The lowest BCUT2D eigenvalue weighted by Crippen LogP contribution is -1.83. The van der Waals surface area contributed by atoms with Gasteiger partial charge in [0.2, 0.25) is 0 Å². The molecular formula is C13H21N. The molecule has 1 aromatic rings. The lowest BCUT2D eigenvalue weighted by molar-refractivity contribution is 0.717. The molecule has 0 saturated carbocycles. The van der Waals surface area contributed by atoms with E-state index in [1.807, 2.05) is 0 Å². The Hall–Kier alpha value is -1.24. The Morgan fingerprint density at radius 1 is 1.21 bits per heavy atom. The van der Waals surface area contributed by atoms with Gasteiger partial charge in [0.15, 0.2) is 0 Å². The van der Waals surface area contributed by atoms with Crippen LogP contribution in [-0.4, -0.2) is 0 Å². The molecule has 2 N–H and O–H groups in total. The lowest BCUT2D eigenvalue weighted by atomic mass is 10.1. The van der Waals surface area contributed by atoms with E-state index in [9.17, 15) is 0 Å². The zero-order chi connectivity index (χ0) is 10.6. The van der Waals surface area contributed by atoms with Crippen molar-refractivity contribution in [2.75, 3.05) is 0 Å². The van der Waals surface area contributed by atoms with Gasteiger partial charge in [0.25, 0.3) is 0 Å². The molecule has 0 spiro atoms. The van der Waals surface area contributed by atoms with Gasteiger partial charge in [0, 0.05) is 0 Å². The third-order valence-corrected chi connectivity index (χ3v) is 1.91. The van der Waals surface area contributed by atoms with Gasteiger partial charge in [-0.3, -0.25) is 0 Å². The van der Waals surface area contributed by atoms with Crippen molar-refractivity contribution in [3.8, 4) is 0 Å². The van der Waals surface area contributed by atoms with Crippen molar-refractivity contribution < 1.29 is 0 Å². The van der Waals surface area contributed by atoms with Gasteiger partial charge in [0.1, 0.15) is 0 Å². The van der Waals surface area contributed by atoms with Crippen LogP contribution in [0.3, 0.4) is 0 Å². The van der Waals surface area contributed by atoms with E-state index in [0.717, 1.165) is 0 Å². The number of hydrogen-bond donors (Lipinski definition) is 1. The van der Waals surface area contributed by atoms with Crippen LogP contribution in [0.1, 0.15) is 31.7 Å². The second-order valence-corrected chi connectivity index (χ2v) is 3.18. The fourth-order valence-corrected chi connectivity index (χ4v) is 1.22. The second-order valence-electron chi connectivity index (χ2n) is 3.18. The van der Waals surface area contributed by atoms with E-state index < -0.39 is 0 Å². The minimum absolute atomic E-state index is 1.24. The van der Waals surface area contributed by atoms with Crippen LogP contribution in [-0.2, 0) is 6.42 Å². The second kappa shape index (κ2) is 9.85. The van der Waals surface area contributed by atoms with Crippen LogP contribution in [0, 0.1) is 0 Å². The molecule has 0 aliphatic rings. The van der Waals surface area contributed by atoms with E-state index in [4.69, 9.17) is 0 Å². The molecule has 1 heteroatoms. The van der Waals surface area contributed by atoms with Gasteiger partial charge in [-0.25, -0.2) is 0 Å². The molecule has 0 fully saturated rings. The largest absolute Gasteiger partial charge is 0.405 e. The SMILES string of the molecule is C=CN.CCCCCc1ccccc1. The quantitative estimate of drug-likeness (QED) is 0.724. The third-order valence-electron chi connectivity index (χ3n) is 1.91. The summed E-state index contributed by atoms with van der Waals surface area (Å²) in [7, 11) is 0. The molecule has 0 bridgehead atoms. The highest BCUT2D eigenvalue weighted by Gasteiger charge is 1.89. The van der Waals surface area contributed by atoms with Gasteiger partial charge in [-0.05, 0) is 24.6 Å². The van der Waals surface area contributed by atoms with Crippen molar-refractivity contribution in [3.63, 3.8) is 0 Å². The highest BCUT2D eigenvalue weighted by atomic mass is 14.5. The predicted molar refractivity (Wildman–Crippen MR) is 64.1 cm³/mol. The molecule has 0 aromatic heterocycles. The monoisotopic (exact) mass is 191 g/mol. The Morgan fingerprint density at radius 2 is 1.79 bits per heavy atom. The Balaban J connectivity index is 0.000000500. The van der Waals surface area contributed by atoms with E-state index in [2.05, 4.69) is 49.6 Å². The summed E-state index contributed by atoms with van der Waals surface area (Å²) in [6.07, 6.45) is 6.50. The van der Waals surface area contributed by atoms with Crippen LogP contribution < -0.4 is 5.73 Å². The zero-order valence-corrected chi connectivity index (χ0v) is 9.08. The third kappa shape index (κ3) is 7.41. The van der Waals surface area contributed by atoms with Crippen LogP contribution in [0.2, 0.25) is 0 Å². The number of rotatable bonds is 4. The summed E-state index contributed by atoms with van der Waals surface area (Å²) in [5.74, 6) is 0. The number of aryl methyl sites for hydroxylation is 1. The number of nitrogens with two attached hydrogens (primary N) is 1. The number of unbranched alkanes of at least 4 members (excludes halogenated alkanes) is 2. The Bertz CT molecular complexity index is 216. The molecule has 1 aromatic carbocycles. The average molecular weight is 191 g/mol. The molecule has 0 saturated heterocycles. The van der Waals surface area contributed by atoms with E-state index in [-0.39, 0.29) is 0 Å². The Morgan fingerprint density at radius 3 is 2.29 bits per heavy atom. The standard InChI is InChI=1S/C11H16.C2H5N/c1-2-3-5-8-11-9-6-4-7-10-11;1-2-3/h4,6-7,9-10H,2-3,5,8H2,1H3;2H,1,3H2. The Labute approximate surface area is 87.6 Å². The summed E-state index contributed by atoms with van der Waals surface area (Å²) in [6, 6.07) is 10.7. The minimum Gasteiger partial charge on any atom is -0.405 e. The molecule has 0 heterocycles. The van der Waals surface area contributed by atoms with Gasteiger partial charge in [-0.2, -0.15) is 0 Å². The van der Waals surface area contributed by atoms with Gasteiger partial charge in [-0.15, -0.1) is 0 Å². The van der Waals surface area contributed by atoms with Crippen molar-refractivity contribution >= 4 is 0 Å². The molecular weight excluding hydrogens is 170 g/mol. The van der Waals surface area contributed by atoms with Crippen LogP contribution in [0.15, 0.2) is 43.1 Å². The maximum Gasteiger partial charge on any atom is -0.0136 e. The van der Waals surface area contributed by atoms with E-state index in [0.29, 0.717) is 0 Å². The van der Waals surface area contributed by atoms with E-state index in [1.165, 1.54) is 37.4 Å². The molecule has 0 unspecified atom stereocenters. The first kappa shape index (κ1) is 12.8. The fraction of sp³-hybridized carbons (Fsp3) is 0.385. The van der Waals surface area contributed by atoms with Gasteiger partial charge < -0.3 is 5.73 Å². The highest BCUT2D eigenvalue weighted by molar-refractivity contribution is 5.14. The first-order valence-electron chi connectivity index (χ1n) is 5.21. The van der Waals surface area contributed by atoms with Crippen molar-refractivity contribution in [2.24, 2.45) is 5.73 Å². The summed E-state index contributed by atoms with van der Waals surface area (Å²) in [5.41, 5.74) is 6.08. The molecule has 0 amide bonds. The fourth-order valence-electron chi connectivity index (χ4n) is 1.22. The summed E-state index contributed by atoms with van der Waals surface area (Å²) < 4.78 is 0.